The van der Waals surface area contributed by atoms with Gasteiger partial charge in [-0.3, -0.25) is 9.59 Å². The molecule has 0 aliphatic heterocycles. The van der Waals surface area contributed by atoms with Gasteiger partial charge in [0.2, 0.25) is 4.90 Å². The molecule has 1 unspecified atom stereocenters. The van der Waals surface area contributed by atoms with Crippen molar-refractivity contribution in [3.05, 3.63) is 93.1 Å². The molecule has 8 nitrogen and oxygen atoms in total. The zero-order valence-electron chi connectivity index (χ0n) is 23.1. The third-order valence-electron chi connectivity index (χ3n) is 6.17. The van der Waals surface area contributed by atoms with Crippen LogP contribution in [0.3, 0.4) is 0 Å². The molecule has 214 valence electrons. The summed E-state index contributed by atoms with van der Waals surface area (Å²) >= 11 is 5.67. The van der Waals surface area contributed by atoms with Gasteiger partial charge in [0.1, 0.15) is 16.2 Å². The number of halogens is 1. The van der Waals surface area contributed by atoms with Crippen LogP contribution in [-0.2, 0) is 11.4 Å². The summed E-state index contributed by atoms with van der Waals surface area (Å²) < 4.78 is 22.1. The molecule has 0 fully saturated rings. The Labute approximate surface area is 252 Å². The van der Waals surface area contributed by atoms with Gasteiger partial charge in [-0.2, -0.15) is 0 Å². The predicted molar refractivity (Wildman–Crippen MR) is 168 cm³/mol. The van der Waals surface area contributed by atoms with E-state index >= 15 is 0 Å². The van der Waals surface area contributed by atoms with Crippen molar-refractivity contribution in [2.24, 2.45) is 0 Å². The predicted octanol–water partition coefficient (Wildman–Crippen LogP) is 6.06. The van der Waals surface area contributed by atoms with E-state index in [2.05, 4.69) is 15.4 Å². The van der Waals surface area contributed by atoms with Gasteiger partial charge in [-0.1, -0.05) is 29.8 Å². The topological polar surface area (TPSA) is 106 Å². The van der Waals surface area contributed by atoms with Gasteiger partial charge < -0.3 is 24.8 Å². The molecule has 0 radical (unpaired) electrons. The Morgan fingerprint density at radius 3 is 2.49 bits per heavy atom. The molecule has 3 aromatic carbocycles. The highest BCUT2D eigenvalue weighted by Gasteiger charge is 2.22. The lowest BCUT2D eigenvalue weighted by Crippen LogP contribution is -2.28. The third-order valence-corrected chi connectivity index (χ3v) is 8.65. The van der Waals surface area contributed by atoms with Crippen molar-refractivity contribution in [3.8, 4) is 16.9 Å². The van der Waals surface area contributed by atoms with E-state index in [-0.39, 0.29) is 11.8 Å². The molecule has 0 aliphatic rings. The normalized spacial score (nSPS) is 11.5. The van der Waals surface area contributed by atoms with E-state index in [4.69, 9.17) is 16.3 Å². The number of anilines is 2. The number of nitrogens with one attached hydrogen (secondary N) is 3. The van der Waals surface area contributed by atoms with Gasteiger partial charge in [0.15, 0.2) is 5.75 Å². The van der Waals surface area contributed by atoms with Crippen LogP contribution in [0.25, 0.3) is 11.1 Å². The average molecular weight is 611 g/mol. The van der Waals surface area contributed by atoms with E-state index in [1.165, 1.54) is 16.2 Å². The van der Waals surface area contributed by atoms with Crippen molar-refractivity contribution < 1.29 is 18.9 Å². The summed E-state index contributed by atoms with van der Waals surface area (Å²) in [6.07, 6.45) is 0. The summed E-state index contributed by atoms with van der Waals surface area (Å²) in [5.74, 6) is 0.194. The van der Waals surface area contributed by atoms with Gasteiger partial charge >= 0.3 is 0 Å². The minimum absolute atomic E-state index is 0.0914. The second kappa shape index (κ2) is 13.8. The first kappa shape index (κ1) is 30.3. The summed E-state index contributed by atoms with van der Waals surface area (Å²) in [5.41, 5.74) is 4.64. The number of nitrogens with zero attached hydrogens (tertiary/aromatic N) is 1. The SMILES string of the molecule is COc1cc(C)c(-c2cccc(C(=O)N(C)C)c2)cc1[S+]([O-])Nc1cccc(NCCNC(=O)c2sccc2Cl)c1. The second-order valence-electron chi connectivity index (χ2n) is 9.33. The first-order valence-corrected chi connectivity index (χ1v) is 15.1. The second-order valence-corrected chi connectivity index (χ2v) is 11.8. The number of hydrogen-bond acceptors (Lipinski definition) is 7. The van der Waals surface area contributed by atoms with Crippen molar-refractivity contribution in [3.63, 3.8) is 0 Å². The number of thiophene rings is 1. The lowest BCUT2D eigenvalue weighted by atomic mass is 9.98. The molecule has 0 saturated carbocycles. The van der Waals surface area contributed by atoms with Crippen LogP contribution in [0.1, 0.15) is 25.6 Å². The molecule has 41 heavy (non-hydrogen) atoms. The Hall–Kier alpha value is -3.70. The van der Waals surface area contributed by atoms with Crippen LogP contribution in [0.15, 0.2) is 77.0 Å². The Bertz CT molecular complexity index is 1540. The molecule has 1 heterocycles. The third kappa shape index (κ3) is 7.53. The van der Waals surface area contributed by atoms with Crippen molar-refractivity contribution in [2.45, 2.75) is 11.8 Å². The molecule has 1 aromatic heterocycles. The standard InChI is InChI=1S/C30H31ClN4O4S2/c1-19-15-26(39-4)27(18-24(19)20-7-5-8-21(16-20)30(37)35(2)3)41(38)34-23-10-6-9-22(17-23)32-12-13-33-29(36)28-25(31)11-14-40-28/h5-11,14-18,32,34H,12-13H2,1-4H3,(H,33,36). The fraction of sp³-hybridized carbons (Fsp3) is 0.200. The van der Waals surface area contributed by atoms with Gasteiger partial charge in [0, 0.05) is 44.5 Å². The molecule has 3 N–H and O–H groups in total. The van der Waals surface area contributed by atoms with Crippen LogP contribution in [0.4, 0.5) is 11.4 Å². The Kier molecular flexibility index (Phi) is 10.2. The minimum atomic E-state index is -1.65. The fourth-order valence-electron chi connectivity index (χ4n) is 4.13. The first-order chi connectivity index (χ1) is 19.7. The van der Waals surface area contributed by atoms with Gasteiger partial charge in [0.05, 0.1) is 17.8 Å². The summed E-state index contributed by atoms with van der Waals surface area (Å²) in [7, 11) is 4.97. The maximum absolute atomic E-state index is 13.5. The molecule has 11 heteroatoms. The highest BCUT2D eigenvalue weighted by Crippen LogP contribution is 2.35. The summed E-state index contributed by atoms with van der Waals surface area (Å²) in [6.45, 7) is 2.85. The molecule has 4 aromatic rings. The van der Waals surface area contributed by atoms with E-state index in [9.17, 15) is 14.1 Å². The first-order valence-electron chi connectivity index (χ1n) is 12.7. The molecule has 0 spiro atoms. The molecular weight excluding hydrogens is 580 g/mol. The molecular formula is C30H31ClN4O4S2. The number of carbonyl (C=O) groups is 2. The average Bonchev–Trinajstić information content (AvgIpc) is 3.40. The van der Waals surface area contributed by atoms with Gasteiger partial charge in [0.25, 0.3) is 11.8 Å². The van der Waals surface area contributed by atoms with E-state index < -0.39 is 11.4 Å². The molecule has 4 rings (SSSR count). The number of rotatable bonds is 11. The maximum Gasteiger partial charge on any atom is 0.262 e. The van der Waals surface area contributed by atoms with Crippen LogP contribution in [0.5, 0.6) is 5.75 Å². The van der Waals surface area contributed by atoms with Gasteiger partial charge in [-0.15, -0.1) is 11.3 Å². The highest BCUT2D eigenvalue weighted by molar-refractivity contribution is 7.92. The smallest absolute Gasteiger partial charge is 0.262 e. The van der Waals surface area contributed by atoms with Gasteiger partial charge in [-0.05, 0) is 71.5 Å². The van der Waals surface area contributed by atoms with Crippen LogP contribution >= 0.6 is 22.9 Å². The van der Waals surface area contributed by atoms with E-state index in [1.54, 1.807) is 38.7 Å². The highest BCUT2D eigenvalue weighted by atomic mass is 35.5. The quantitative estimate of drug-likeness (QED) is 0.141. The van der Waals surface area contributed by atoms with E-state index in [1.807, 2.05) is 61.5 Å². The zero-order chi connectivity index (χ0) is 29.5. The Morgan fingerprint density at radius 2 is 1.78 bits per heavy atom. The molecule has 1 atom stereocenters. The number of hydrogen-bond donors (Lipinski definition) is 3. The molecule has 0 bridgehead atoms. The Morgan fingerprint density at radius 1 is 1.02 bits per heavy atom. The summed E-state index contributed by atoms with van der Waals surface area (Å²) in [6, 6.07) is 20.1. The van der Waals surface area contributed by atoms with Crippen LogP contribution in [-0.4, -0.2) is 55.6 Å². The van der Waals surface area contributed by atoms with Crippen molar-refractivity contribution >= 4 is 57.5 Å². The van der Waals surface area contributed by atoms with Crippen LogP contribution < -0.4 is 20.1 Å². The van der Waals surface area contributed by atoms with Gasteiger partial charge in [-0.25, -0.2) is 4.72 Å². The monoisotopic (exact) mass is 610 g/mol. The Balaban J connectivity index is 1.46. The van der Waals surface area contributed by atoms with Crippen molar-refractivity contribution in [1.29, 1.82) is 0 Å². The van der Waals surface area contributed by atoms with Crippen molar-refractivity contribution in [2.75, 3.05) is 44.3 Å². The van der Waals surface area contributed by atoms with Crippen LogP contribution in [0.2, 0.25) is 5.02 Å². The lowest BCUT2D eigenvalue weighted by molar-refractivity contribution is 0.0827. The lowest BCUT2D eigenvalue weighted by Gasteiger charge is -2.18. The fourth-order valence-corrected chi connectivity index (χ4v) is 6.19. The van der Waals surface area contributed by atoms with E-state index in [0.29, 0.717) is 44.9 Å². The summed E-state index contributed by atoms with van der Waals surface area (Å²) in [5, 5.41) is 8.31. The van der Waals surface area contributed by atoms with Crippen molar-refractivity contribution in [1.82, 2.24) is 10.2 Å². The van der Waals surface area contributed by atoms with Crippen LogP contribution in [0, 0.1) is 6.92 Å². The molecule has 0 aliphatic carbocycles. The number of aryl methyl sites for hydroxylation is 1. The number of carbonyl (C=O) groups excluding carboxylic acids is 2. The number of benzene rings is 3. The number of methoxy groups -OCH3 is 1. The largest absolute Gasteiger partial charge is 0.588 e. The van der Waals surface area contributed by atoms with E-state index in [0.717, 1.165) is 22.4 Å². The molecule has 0 saturated heterocycles. The zero-order valence-corrected chi connectivity index (χ0v) is 25.5. The molecule has 2 amide bonds. The number of amides is 2. The maximum atomic E-state index is 13.5. The minimum Gasteiger partial charge on any atom is -0.588 e. The summed E-state index contributed by atoms with van der Waals surface area (Å²) in [4.78, 5) is 27.2. The number of ether oxygens (including phenoxy) is 1.